The van der Waals surface area contributed by atoms with E-state index in [1.165, 1.54) is 0 Å². The zero-order valence-electron chi connectivity index (χ0n) is 11.4. The maximum Gasteiger partial charge on any atom is 0.251 e. The molecule has 0 aromatic heterocycles. The van der Waals surface area contributed by atoms with E-state index in [2.05, 4.69) is 10.6 Å². The van der Waals surface area contributed by atoms with Gasteiger partial charge >= 0.3 is 0 Å². The predicted octanol–water partition coefficient (Wildman–Crippen LogP) is 4.07. The van der Waals surface area contributed by atoms with E-state index in [0.29, 0.717) is 33.5 Å². The van der Waals surface area contributed by atoms with Crippen LogP contribution in [0.25, 0.3) is 0 Å². The lowest BCUT2D eigenvalue weighted by Crippen LogP contribution is -2.22. The Labute approximate surface area is 133 Å². The van der Waals surface area contributed by atoms with E-state index in [-0.39, 0.29) is 5.91 Å². The Morgan fingerprint density at radius 2 is 1.90 bits per heavy atom. The summed E-state index contributed by atoms with van der Waals surface area (Å²) in [4.78, 5) is 11.7. The molecule has 1 amide bonds. The van der Waals surface area contributed by atoms with Gasteiger partial charge in [-0.2, -0.15) is 0 Å². The summed E-state index contributed by atoms with van der Waals surface area (Å²) in [6, 6.07) is 10.3. The van der Waals surface area contributed by atoms with Crippen molar-refractivity contribution in [2.24, 2.45) is 0 Å². The fourth-order valence-corrected chi connectivity index (χ4v) is 2.11. The number of nitrogens with two attached hydrogens (primary N) is 1. The van der Waals surface area contributed by atoms with Gasteiger partial charge in [-0.1, -0.05) is 23.2 Å². The molecule has 4 N–H and O–H groups in total. The average molecular weight is 324 g/mol. The molecule has 2 aromatic rings. The molecule has 0 aliphatic carbocycles. The predicted molar refractivity (Wildman–Crippen MR) is 88.6 cm³/mol. The second-order valence-corrected chi connectivity index (χ2v) is 5.23. The molecule has 0 saturated heterocycles. The summed E-state index contributed by atoms with van der Waals surface area (Å²) in [5.41, 5.74) is 8.43. The number of hydrogen-bond acceptors (Lipinski definition) is 3. The summed E-state index contributed by atoms with van der Waals surface area (Å²) in [5, 5.41) is 6.81. The zero-order chi connectivity index (χ0) is 15.4. The van der Waals surface area contributed by atoms with Gasteiger partial charge in [0.15, 0.2) is 0 Å². The number of rotatable bonds is 4. The summed E-state index contributed by atoms with van der Waals surface area (Å²) in [6.45, 7) is 2.43. The summed E-state index contributed by atoms with van der Waals surface area (Å²) < 4.78 is 0. The van der Waals surface area contributed by atoms with E-state index in [1.807, 2.05) is 6.92 Å². The second kappa shape index (κ2) is 6.70. The van der Waals surface area contributed by atoms with Crippen LogP contribution in [0, 0.1) is 0 Å². The Balaban J connectivity index is 2.21. The molecule has 0 aliphatic heterocycles. The summed E-state index contributed by atoms with van der Waals surface area (Å²) in [5.74, 6) is -0.148. The van der Waals surface area contributed by atoms with Crippen LogP contribution < -0.4 is 16.4 Å². The van der Waals surface area contributed by atoms with Crippen LogP contribution in [0.1, 0.15) is 17.3 Å². The Bertz CT molecular complexity index is 674. The number of anilines is 3. The zero-order valence-corrected chi connectivity index (χ0v) is 12.9. The van der Waals surface area contributed by atoms with Gasteiger partial charge in [0.2, 0.25) is 0 Å². The maximum absolute atomic E-state index is 11.7. The molecular weight excluding hydrogens is 309 g/mol. The third kappa shape index (κ3) is 3.80. The van der Waals surface area contributed by atoms with Crippen LogP contribution >= 0.6 is 23.2 Å². The Kier molecular flexibility index (Phi) is 4.94. The Hall–Kier alpha value is -1.91. The lowest BCUT2D eigenvalue weighted by molar-refractivity contribution is 0.0956. The molecule has 0 bridgehead atoms. The van der Waals surface area contributed by atoms with Crippen molar-refractivity contribution >= 4 is 46.2 Å². The Morgan fingerprint density at radius 1 is 1.14 bits per heavy atom. The highest BCUT2D eigenvalue weighted by atomic mass is 35.5. The van der Waals surface area contributed by atoms with Gasteiger partial charge in [0, 0.05) is 17.8 Å². The maximum atomic E-state index is 11.7. The van der Waals surface area contributed by atoms with Crippen molar-refractivity contribution in [1.29, 1.82) is 0 Å². The van der Waals surface area contributed by atoms with Crippen LogP contribution in [0.3, 0.4) is 0 Å². The highest BCUT2D eigenvalue weighted by molar-refractivity contribution is 6.42. The molecule has 0 radical (unpaired) electrons. The number of nitrogen functional groups attached to an aromatic ring is 1. The van der Waals surface area contributed by atoms with Crippen LogP contribution in [0.4, 0.5) is 17.1 Å². The molecule has 0 aliphatic rings. The Morgan fingerprint density at radius 3 is 2.52 bits per heavy atom. The lowest BCUT2D eigenvalue weighted by atomic mass is 10.1. The number of nitrogens with one attached hydrogen (secondary N) is 2. The topological polar surface area (TPSA) is 67.2 Å². The third-order valence-corrected chi connectivity index (χ3v) is 3.59. The van der Waals surface area contributed by atoms with Gasteiger partial charge in [-0.05, 0) is 43.3 Å². The number of hydrogen-bond donors (Lipinski definition) is 3. The largest absolute Gasteiger partial charge is 0.397 e. The number of benzene rings is 2. The van der Waals surface area contributed by atoms with E-state index in [1.54, 1.807) is 36.4 Å². The second-order valence-electron chi connectivity index (χ2n) is 4.42. The van der Waals surface area contributed by atoms with Crippen LogP contribution in [-0.2, 0) is 0 Å². The first kappa shape index (κ1) is 15.5. The summed E-state index contributed by atoms with van der Waals surface area (Å²) in [6.07, 6.45) is 0. The monoisotopic (exact) mass is 323 g/mol. The lowest BCUT2D eigenvalue weighted by Gasteiger charge is -2.11. The van der Waals surface area contributed by atoms with E-state index in [0.717, 1.165) is 5.69 Å². The van der Waals surface area contributed by atoms with Crippen molar-refractivity contribution < 1.29 is 4.79 Å². The fraction of sp³-hybridized carbons (Fsp3) is 0.133. The normalized spacial score (nSPS) is 10.2. The van der Waals surface area contributed by atoms with Gasteiger partial charge in [0.05, 0.1) is 21.4 Å². The van der Waals surface area contributed by atoms with Gasteiger partial charge in [0.1, 0.15) is 0 Å². The first-order valence-corrected chi connectivity index (χ1v) is 7.16. The molecule has 110 valence electrons. The van der Waals surface area contributed by atoms with E-state index < -0.39 is 0 Å². The van der Waals surface area contributed by atoms with Crippen LogP contribution in [-0.4, -0.2) is 12.5 Å². The van der Waals surface area contributed by atoms with Gasteiger partial charge in [-0.15, -0.1) is 0 Å². The third-order valence-electron chi connectivity index (χ3n) is 2.85. The van der Waals surface area contributed by atoms with Crippen molar-refractivity contribution in [2.45, 2.75) is 6.92 Å². The van der Waals surface area contributed by atoms with Gasteiger partial charge in [-0.25, -0.2) is 0 Å². The number of carbonyl (C=O) groups is 1. The molecule has 0 fully saturated rings. The minimum absolute atomic E-state index is 0.148. The average Bonchev–Trinajstić information content (AvgIpc) is 2.45. The van der Waals surface area contributed by atoms with E-state index >= 15 is 0 Å². The van der Waals surface area contributed by atoms with E-state index in [4.69, 9.17) is 28.9 Å². The summed E-state index contributed by atoms with van der Waals surface area (Å²) in [7, 11) is 0. The molecule has 6 heteroatoms. The SMILES string of the molecule is CCNC(=O)c1ccc(Nc2ccc(Cl)c(Cl)c2)c(N)c1. The molecule has 2 aromatic carbocycles. The van der Waals surface area contributed by atoms with Crippen molar-refractivity contribution in [3.8, 4) is 0 Å². The quantitative estimate of drug-likeness (QED) is 0.743. The smallest absolute Gasteiger partial charge is 0.251 e. The number of amides is 1. The molecule has 0 saturated carbocycles. The molecular formula is C15H15Cl2N3O. The van der Waals surface area contributed by atoms with Gasteiger partial charge < -0.3 is 16.4 Å². The minimum Gasteiger partial charge on any atom is -0.397 e. The molecule has 21 heavy (non-hydrogen) atoms. The van der Waals surface area contributed by atoms with Gasteiger partial charge in [-0.3, -0.25) is 4.79 Å². The molecule has 2 rings (SSSR count). The first-order valence-electron chi connectivity index (χ1n) is 6.41. The number of carbonyl (C=O) groups excluding carboxylic acids is 1. The highest BCUT2D eigenvalue weighted by Gasteiger charge is 2.08. The van der Waals surface area contributed by atoms with Crippen molar-refractivity contribution in [3.05, 3.63) is 52.0 Å². The van der Waals surface area contributed by atoms with Crippen molar-refractivity contribution in [1.82, 2.24) is 5.32 Å². The highest BCUT2D eigenvalue weighted by Crippen LogP contribution is 2.29. The first-order chi connectivity index (χ1) is 10.0. The molecule has 0 unspecified atom stereocenters. The number of halogens is 2. The standard InChI is InChI=1S/C15H15Cl2N3O/c1-2-19-15(21)9-3-6-14(13(18)7-9)20-10-4-5-11(16)12(17)8-10/h3-8,20H,2,18H2,1H3,(H,19,21). The molecule has 4 nitrogen and oxygen atoms in total. The van der Waals surface area contributed by atoms with Crippen molar-refractivity contribution in [3.63, 3.8) is 0 Å². The molecule has 0 heterocycles. The fourth-order valence-electron chi connectivity index (χ4n) is 1.81. The summed E-state index contributed by atoms with van der Waals surface area (Å²) >= 11 is 11.8. The van der Waals surface area contributed by atoms with Gasteiger partial charge in [0.25, 0.3) is 5.91 Å². The minimum atomic E-state index is -0.148. The van der Waals surface area contributed by atoms with Crippen LogP contribution in [0.2, 0.25) is 10.0 Å². The van der Waals surface area contributed by atoms with E-state index in [9.17, 15) is 4.79 Å². The molecule has 0 spiro atoms. The van der Waals surface area contributed by atoms with Crippen LogP contribution in [0.15, 0.2) is 36.4 Å². The van der Waals surface area contributed by atoms with Crippen LogP contribution in [0.5, 0.6) is 0 Å². The molecule has 0 atom stereocenters. The van der Waals surface area contributed by atoms with Crippen molar-refractivity contribution in [2.75, 3.05) is 17.6 Å².